The quantitative estimate of drug-likeness (QED) is 0.864. The molecule has 1 aromatic heterocycles. The number of likely N-dealkylation sites (tertiary alicyclic amines) is 1. The Bertz CT molecular complexity index is 745. The molecule has 140 valence electrons. The summed E-state index contributed by atoms with van der Waals surface area (Å²) >= 11 is 0. The summed E-state index contributed by atoms with van der Waals surface area (Å²) in [4.78, 5) is 14.6. The van der Waals surface area contributed by atoms with Crippen LogP contribution in [-0.2, 0) is 7.05 Å². The van der Waals surface area contributed by atoms with Crippen LogP contribution in [0.5, 0.6) is 5.75 Å². The van der Waals surface area contributed by atoms with Gasteiger partial charge < -0.3 is 19.5 Å². The molecule has 2 heterocycles. The van der Waals surface area contributed by atoms with E-state index >= 15 is 0 Å². The molecule has 1 N–H and O–H groups in total. The summed E-state index contributed by atoms with van der Waals surface area (Å²) in [5.74, 6) is 0.102. The molecule has 2 unspecified atom stereocenters. The SMILES string of the molecule is CC(NC(=O)N1CCCC1c1cccn1C)c1ccc(OC(F)F)cc1. The van der Waals surface area contributed by atoms with Crippen LogP contribution < -0.4 is 10.1 Å². The van der Waals surface area contributed by atoms with Crippen LogP contribution in [0.1, 0.15) is 43.1 Å². The van der Waals surface area contributed by atoms with Crippen LogP contribution in [0.2, 0.25) is 0 Å². The van der Waals surface area contributed by atoms with E-state index in [1.54, 1.807) is 12.1 Å². The lowest BCUT2D eigenvalue weighted by Crippen LogP contribution is -2.41. The van der Waals surface area contributed by atoms with Crippen molar-refractivity contribution in [2.45, 2.75) is 38.5 Å². The van der Waals surface area contributed by atoms with E-state index < -0.39 is 6.61 Å². The van der Waals surface area contributed by atoms with Gasteiger partial charge in [-0.15, -0.1) is 0 Å². The number of nitrogens with one attached hydrogen (secondary N) is 1. The maximum atomic E-state index is 12.7. The predicted octanol–water partition coefficient (Wildman–Crippen LogP) is 4.23. The second-order valence-electron chi connectivity index (χ2n) is 6.51. The van der Waals surface area contributed by atoms with E-state index in [1.807, 2.05) is 41.8 Å². The lowest BCUT2D eigenvalue weighted by Gasteiger charge is -2.27. The maximum absolute atomic E-state index is 12.7. The second-order valence-corrected chi connectivity index (χ2v) is 6.51. The van der Waals surface area contributed by atoms with Crippen molar-refractivity contribution >= 4 is 6.03 Å². The third kappa shape index (κ3) is 3.98. The zero-order valence-corrected chi connectivity index (χ0v) is 14.9. The van der Waals surface area contributed by atoms with Crippen LogP contribution in [0.15, 0.2) is 42.6 Å². The van der Waals surface area contributed by atoms with Gasteiger partial charge in [0.1, 0.15) is 5.75 Å². The van der Waals surface area contributed by atoms with E-state index in [2.05, 4.69) is 10.1 Å². The minimum atomic E-state index is -2.84. The van der Waals surface area contributed by atoms with Crippen molar-refractivity contribution < 1.29 is 18.3 Å². The van der Waals surface area contributed by atoms with Gasteiger partial charge in [0, 0.05) is 25.5 Å². The van der Waals surface area contributed by atoms with E-state index in [4.69, 9.17) is 0 Å². The minimum absolute atomic E-state index is 0.0732. The molecule has 0 bridgehead atoms. The number of benzene rings is 1. The van der Waals surface area contributed by atoms with Crippen LogP contribution >= 0.6 is 0 Å². The Labute approximate surface area is 151 Å². The summed E-state index contributed by atoms with van der Waals surface area (Å²) in [6, 6.07) is 10.1. The van der Waals surface area contributed by atoms with Crippen LogP contribution in [0.4, 0.5) is 13.6 Å². The molecule has 1 saturated heterocycles. The number of carbonyl (C=O) groups excluding carboxylic acids is 1. The number of hydrogen-bond acceptors (Lipinski definition) is 2. The molecule has 0 saturated carbocycles. The first-order valence-corrected chi connectivity index (χ1v) is 8.69. The number of aryl methyl sites for hydroxylation is 1. The number of ether oxygens (including phenoxy) is 1. The fourth-order valence-electron chi connectivity index (χ4n) is 3.43. The van der Waals surface area contributed by atoms with Gasteiger partial charge >= 0.3 is 12.6 Å². The monoisotopic (exact) mass is 363 g/mol. The second kappa shape index (κ2) is 7.76. The third-order valence-electron chi connectivity index (χ3n) is 4.78. The highest BCUT2D eigenvalue weighted by atomic mass is 19.3. The first-order valence-electron chi connectivity index (χ1n) is 8.69. The molecule has 3 rings (SSSR count). The topological polar surface area (TPSA) is 46.5 Å². The minimum Gasteiger partial charge on any atom is -0.435 e. The number of halogens is 2. The number of hydrogen-bond donors (Lipinski definition) is 1. The third-order valence-corrected chi connectivity index (χ3v) is 4.78. The van der Waals surface area contributed by atoms with Crippen molar-refractivity contribution in [3.63, 3.8) is 0 Å². The largest absolute Gasteiger partial charge is 0.435 e. The van der Waals surface area contributed by atoms with Crippen LogP contribution in [-0.4, -0.2) is 28.7 Å². The molecule has 0 aliphatic carbocycles. The van der Waals surface area contributed by atoms with Gasteiger partial charge in [-0.25, -0.2) is 4.79 Å². The molecular formula is C19H23F2N3O2. The molecule has 2 amide bonds. The normalized spacial score (nSPS) is 18.2. The van der Waals surface area contributed by atoms with Crippen molar-refractivity contribution in [1.82, 2.24) is 14.8 Å². The predicted molar refractivity (Wildman–Crippen MR) is 94.1 cm³/mol. The molecule has 26 heavy (non-hydrogen) atoms. The lowest BCUT2D eigenvalue weighted by molar-refractivity contribution is -0.0498. The number of nitrogens with zero attached hydrogens (tertiary/aromatic N) is 2. The molecule has 1 aromatic carbocycles. The van der Waals surface area contributed by atoms with Gasteiger partial charge in [-0.1, -0.05) is 12.1 Å². The van der Waals surface area contributed by atoms with Gasteiger partial charge in [0.25, 0.3) is 0 Å². The lowest BCUT2D eigenvalue weighted by atomic mass is 10.1. The number of alkyl halides is 2. The van der Waals surface area contributed by atoms with E-state index in [1.165, 1.54) is 12.1 Å². The van der Waals surface area contributed by atoms with Crippen molar-refractivity contribution in [3.8, 4) is 5.75 Å². The summed E-state index contributed by atoms with van der Waals surface area (Å²) in [5.41, 5.74) is 1.95. The van der Waals surface area contributed by atoms with Crippen molar-refractivity contribution in [2.75, 3.05) is 6.54 Å². The van der Waals surface area contributed by atoms with Gasteiger partial charge in [-0.3, -0.25) is 0 Å². The summed E-state index contributed by atoms with van der Waals surface area (Å²) in [5, 5.41) is 3.00. The Morgan fingerprint density at radius 3 is 2.62 bits per heavy atom. The van der Waals surface area contributed by atoms with Crippen molar-refractivity contribution in [2.24, 2.45) is 7.05 Å². The maximum Gasteiger partial charge on any atom is 0.387 e. The average Bonchev–Trinajstić information content (AvgIpc) is 3.23. The Morgan fingerprint density at radius 2 is 2.00 bits per heavy atom. The summed E-state index contributed by atoms with van der Waals surface area (Å²) < 4.78 is 30.8. The number of amides is 2. The zero-order chi connectivity index (χ0) is 18.7. The molecule has 1 aliphatic heterocycles. The number of rotatable bonds is 5. The van der Waals surface area contributed by atoms with Gasteiger partial charge in [0.05, 0.1) is 12.1 Å². The highest BCUT2D eigenvalue weighted by Crippen LogP contribution is 2.32. The molecule has 0 spiro atoms. The summed E-state index contributed by atoms with van der Waals surface area (Å²) in [6.45, 7) is -0.257. The standard InChI is InChI=1S/C19H23F2N3O2/c1-13(14-7-9-15(10-8-14)26-18(20)21)22-19(25)24-12-4-6-17(24)16-5-3-11-23(16)2/h3,5,7-11,13,17-18H,4,6,12H2,1-2H3,(H,22,25). The Morgan fingerprint density at radius 1 is 1.27 bits per heavy atom. The first kappa shape index (κ1) is 18.2. The highest BCUT2D eigenvalue weighted by Gasteiger charge is 2.31. The fraction of sp³-hybridized carbons (Fsp3) is 0.421. The molecule has 1 fully saturated rings. The molecule has 2 aromatic rings. The van der Waals surface area contributed by atoms with Gasteiger partial charge in [0.2, 0.25) is 0 Å². The van der Waals surface area contributed by atoms with E-state index in [0.717, 1.165) is 30.6 Å². The molecule has 0 radical (unpaired) electrons. The molecule has 2 atom stereocenters. The van der Waals surface area contributed by atoms with Crippen molar-refractivity contribution in [1.29, 1.82) is 0 Å². The molecule has 1 aliphatic rings. The average molecular weight is 363 g/mol. The van der Waals surface area contributed by atoms with Gasteiger partial charge in [-0.05, 0) is 49.6 Å². The molecular weight excluding hydrogens is 340 g/mol. The first-order chi connectivity index (χ1) is 12.5. The summed E-state index contributed by atoms with van der Waals surface area (Å²) in [7, 11) is 1.98. The van der Waals surface area contributed by atoms with E-state index in [-0.39, 0.29) is 23.9 Å². The van der Waals surface area contributed by atoms with Crippen molar-refractivity contribution in [3.05, 3.63) is 53.9 Å². The molecule has 5 nitrogen and oxygen atoms in total. The van der Waals surface area contributed by atoms with Gasteiger partial charge in [-0.2, -0.15) is 8.78 Å². The highest BCUT2D eigenvalue weighted by molar-refractivity contribution is 5.75. The Balaban J connectivity index is 1.64. The van der Waals surface area contributed by atoms with Crippen LogP contribution in [0, 0.1) is 0 Å². The van der Waals surface area contributed by atoms with Gasteiger partial charge in [0.15, 0.2) is 0 Å². The van der Waals surface area contributed by atoms with E-state index in [9.17, 15) is 13.6 Å². The summed E-state index contributed by atoms with van der Waals surface area (Å²) in [6.07, 6.45) is 3.89. The fourth-order valence-corrected chi connectivity index (χ4v) is 3.43. The zero-order valence-electron chi connectivity index (χ0n) is 14.9. The number of urea groups is 1. The Kier molecular flexibility index (Phi) is 5.44. The number of carbonyl (C=O) groups is 1. The smallest absolute Gasteiger partial charge is 0.387 e. The van der Waals surface area contributed by atoms with E-state index in [0.29, 0.717) is 0 Å². The van der Waals surface area contributed by atoms with Crippen LogP contribution in [0.3, 0.4) is 0 Å². The molecule has 7 heteroatoms. The number of aromatic nitrogens is 1. The van der Waals surface area contributed by atoms with Crippen LogP contribution in [0.25, 0.3) is 0 Å². The Hall–Kier alpha value is -2.57.